The Balaban J connectivity index is 2.97. The van der Waals surface area contributed by atoms with Crippen LogP contribution in [0, 0.1) is 6.07 Å². The molecule has 0 aliphatic rings. The highest BCUT2D eigenvalue weighted by atomic mass is 16.3. The van der Waals surface area contributed by atoms with Crippen molar-refractivity contribution in [2.45, 2.75) is 19.4 Å². The first kappa shape index (κ1) is 7.22. The summed E-state index contributed by atoms with van der Waals surface area (Å²) in [5, 5.41) is 9.43. The van der Waals surface area contributed by atoms with Crippen molar-refractivity contribution in [1.29, 1.82) is 0 Å². The van der Waals surface area contributed by atoms with Crippen LogP contribution in [0.5, 0.6) is 0 Å². The molecule has 0 unspecified atom stereocenters. The van der Waals surface area contributed by atoms with Gasteiger partial charge in [0, 0.05) is 18.5 Å². The highest BCUT2D eigenvalue weighted by molar-refractivity contribution is 5.14. The number of hydrogen-bond donors (Lipinski definition) is 1. The first-order valence-electron chi connectivity index (χ1n) is 3.15. The fourth-order valence-corrected chi connectivity index (χ4v) is 0.696. The maximum absolute atomic E-state index is 9.43. The molecule has 1 radical (unpaired) electrons. The number of nitrogens with zero attached hydrogens (tertiary/aromatic N) is 1. The summed E-state index contributed by atoms with van der Waals surface area (Å²) in [7, 11) is 0. The maximum atomic E-state index is 9.43. The molecule has 1 heterocycles. The van der Waals surface area contributed by atoms with Gasteiger partial charge in [0.15, 0.2) is 0 Å². The minimum atomic E-state index is -0.803. The lowest BCUT2D eigenvalue weighted by Crippen LogP contribution is -2.15. The Labute approximate surface area is 60.5 Å². The highest BCUT2D eigenvalue weighted by Gasteiger charge is 2.14. The summed E-state index contributed by atoms with van der Waals surface area (Å²) in [6, 6.07) is 4.60. The molecule has 0 aliphatic heterocycles. The average molecular weight is 136 g/mol. The summed E-state index contributed by atoms with van der Waals surface area (Å²) in [4.78, 5) is 3.79. The summed E-state index contributed by atoms with van der Waals surface area (Å²) in [5.74, 6) is 0. The molecule has 10 heavy (non-hydrogen) atoms. The van der Waals surface area contributed by atoms with Crippen LogP contribution in [0.15, 0.2) is 18.5 Å². The van der Waals surface area contributed by atoms with Crippen LogP contribution in [0.2, 0.25) is 0 Å². The molecule has 53 valence electrons. The molecule has 0 saturated carbocycles. The average Bonchev–Trinajstić information content (AvgIpc) is 1.88. The molecular formula is C8H10NO. The monoisotopic (exact) mass is 136 g/mol. The third-order valence-electron chi connectivity index (χ3n) is 1.28. The lowest BCUT2D eigenvalue weighted by molar-refractivity contribution is 0.0782. The van der Waals surface area contributed by atoms with Gasteiger partial charge in [-0.15, -0.1) is 0 Å². The topological polar surface area (TPSA) is 33.1 Å². The number of pyridine rings is 1. The van der Waals surface area contributed by atoms with E-state index in [0.717, 1.165) is 5.56 Å². The van der Waals surface area contributed by atoms with Crippen LogP contribution < -0.4 is 0 Å². The van der Waals surface area contributed by atoms with E-state index in [4.69, 9.17) is 0 Å². The summed E-state index contributed by atoms with van der Waals surface area (Å²) in [6.07, 6.45) is 3.19. The maximum Gasteiger partial charge on any atom is 0.0847 e. The number of aliphatic hydroxyl groups is 1. The molecule has 1 aromatic heterocycles. The van der Waals surface area contributed by atoms with E-state index in [1.807, 2.05) is 0 Å². The van der Waals surface area contributed by atoms with Crippen LogP contribution in [-0.2, 0) is 5.60 Å². The first-order chi connectivity index (χ1) is 4.61. The van der Waals surface area contributed by atoms with Gasteiger partial charge in [-0.1, -0.05) is 0 Å². The predicted molar refractivity (Wildman–Crippen MR) is 38.3 cm³/mol. The van der Waals surface area contributed by atoms with Gasteiger partial charge < -0.3 is 5.11 Å². The molecule has 1 rings (SSSR count). The molecular weight excluding hydrogens is 126 g/mol. The van der Waals surface area contributed by atoms with Crippen molar-refractivity contribution in [2.24, 2.45) is 0 Å². The largest absolute Gasteiger partial charge is 0.386 e. The molecule has 0 fully saturated rings. The Bertz CT molecular complexity index is 200. The summed E-state index contributed by atoms with van der Waals surface area (Å²) in [5.41, 5.74) is -0.0364. The molecule has 0 atom stereocenters. The Morgan fingerprint density at radius 1 is 1.60 bits per heavy atom. The Kier molecular flexibility index (Phi) is 1.72. The van der Waals surface area contributed by atoms with E-state index in [0.29, 0.717) is 0 Å². The second-order valence-corrected chi connectivity index (χ2v) is 2.71. The van der Waals surface area contributed by atoms with E-state index in [1.54, 1.807) is 32.3 Å². The zero-order valence-electron chi connectivity index (χ0n) is 6.13. The Morgan fingerprint density at radius 2 is 2.30 bits per heavy atom. The van der Waals surface area contributed by atoms with Crippen molar-refractivity contribution < 1.29 is 5.11 Å². The van der Waals surface area contributed by atoms with Gasteiger partial charge in [-0.25, -0.2) is 0 Å². The van der Waals surface area contributed by atoms with Crippen molar-refractivity contribution in [3.05, 3.63) is 30.1 Å². The minimum absolute atomic E-state index is 0.766. The van der Waals surface area contributed by atoms with Crippen molar-refractivity contribution in [2.75, 3.05) is 0 Å². The fourth-order valence-electron chi connectivity index (χ4n) is 0.696. The van der Waals surface area contributed by atoms with Gasteiger partial charge in [0.05, 0.1) is 5.60 Å². The molecule has 1 aromatic rings. The van der Waals surface area contributed by atoms with Gasteiger partial charge in [-0.05, 0) is 25.5 Å². The molecule has 0 spiro atoms. The van der Waals surface area contributed by atoms with E-state index < -0.39 is 5.60 Å². The lowest BCUT2D eigenvalue weighted by atomic mass is 10.0. The molecule has 2 nitrogen and oxygen atoms in total. The van der Waals surface area contributed by atoms with Crippen molar-refractivity contribution in [1.82, 2.24) is 4.98 Å². The third-order valence-corrected chi connectivity index (χ3v) is 1.28. The highest BCUT2D eigenvalue weighted by Crippen LogP contribution is 2.16. The molecule has 1 N–H and O–H groups in total. The van der Waals surface area contributed by atoms with Crippen LogP contribution in [0.1, 0.15) is 19.4 Å². The summed E-state index contributed by atoms with van der Waals surface area (Å²) >= 11 is 0. The number of hydrogen-bond acceptors (Lipinski definition) is 2. The van der Waals surface area contributed by atoms with E-state index in [-0.39, 0.29) is 0 Å². The van der Waals surface area contributed by atoms with E-state index in [9.17, 15) is 5.11 Å². The van der Waals surface area contributed by atoms with Crippen LogP contribution in [-0.4, -0.2) is 10.1 Å². The molecule has 0 aliphatic carbocycles. The molecule has 2 heteroatoms. The quantitative estimate of drug-likeness (QED) is 0.627. The van der Waals surface area contributed by atoms with Crippen LogP contribution in [0.4, 0.5) is 0 Å². The first-order valence-corrected chi connectivity index (χ1v) is 3.15. The van der Waals surface area contributed by atoms with Crippen LogP contribution >= 0.6 is 0 Å². The van der Waals surface area contributed by atoms with Crippen molar-refractivity contribution >= 4 is 0 Å². The second-order valence-electron chi connectivity index (χ2n) is 2.71. The second kappa shape index (κ2) is 2.39. The van der Waals surface area contributed by atoms with Gasteiger partial charge in [-0.3, -0.25) is 4.98 Å². The standard InChI is InChI=1S/C8H10NO/c1-8(2,10)7-3-5-9-6-4-7/h3,5-6,10H,1-2H3. The smallest absolute Gasteiger partial charge is 0.0847 e. The third kappa shape index (κ3) is 1.54. The number of aromatic nitrogens is 1. The van der Waals surface area contributed by atoms with Gasteiger partial charge in [0.1, 0.15) is 0 Å². The molecule has 0 bridgehead atoms. The lowest BCUT2D eigenvalue weighted by Gasteiger charge is -2.15. The summed E-state index contributed by atoms with van der Waals surface area (Å²) < 4.78 is 0. The fraction of sp³-hybridized carbons (Fsp3) is 0.375. The van der Waals surface area contributed by atoms with Gasteiger partial charge in [-0.2, -0.15) is 0 Å². The van der Waals surface area contributed by atoms with Crippen LogP contribution in [0.3, 0.4) is 0 Å². The van der Waals surface area contributed by atoms with Crippen LogP contribution in [0.25, 0.3) is 0 Å². The summed E-state index contributed by atoms with van der Waals surface area (Å²) in [6.45, 7) is 3.44. The number of rotatable bonds is 1. The van der Waals surface area contributed by atoms with E-state index >= 15 is 0 Å². The van der Waals surface area contributed by atoms with Crippen molar-refractivity contribution in [3.8, 4) is 0 Å². The molecule has 0 saturated heterocycles. The Morgan fingerprint density at radius 3 is 2.60 bits per heavy atom. The predicted octanol–water partition coefficient (Wildman–Crippen LogP) is 1.11. The zero-order chi connectivity index (χ0) is 7.61. The van der Waals surface area contributed by atoms with E-state index in [1.165, 1.54) is 0 Å². The van der Waals surface area contributed by atoms with E-state index in [2.05, 4.69) is 11.1 Å². The Hall–Kier alpha value is -0.890. The molecule has 0 aromatic carbocycles. The zero-order valence-corrected chi connectivity index (χ0v) is 6.13. The minimum Gasteiger partial charge on any atom is -0.386 e. The van der Waals surface area contributed by atoms with Gasteiger partial charge in [0.2, 0.25) is 0 Å². The van der Waals surface area contributed by atoms with Gasteiger partial charge in [0.25, 0.3) is 0 Å². The SMILES string of the molecule is CC(C)(O)c1[c]cncc1. The molecule has 0 amide bonds. The van der Waals surface area contributed by atoms with Crippen molar-refractivity contribution in [3.63, 3.8) is 0 Å². The normalized spacial score (nSPS) is 11.5. The van der Waals surface area contributed by atoms with Gasteiger partial charge >= 0.3 is 0 Å².